The van der Waals surface area contributed by atoms with Crippen LogP contribution in [0.25, 0.3) is 0 Å². The second-order valence-corrected chi connectivity index (χ2v) is 5.76. The first-order valence-electron chi connectivity index (χ1n) is 7.27. The van der Waals surface area contributed by atoms with Gasteiger partial charge in [0, 0.05) is 17.6 Å². The van der Waals surface area contributed by atoms with Crippen LogP contribution in [0.4, 0.5) is 5.69 Å². The first kappa shape index (κ1) is 18.4. The Morgan fingerprint density at radius 2 is 1.95 bits per heavy atom. The average Bonchev–Trinajstić information content (AvgIpc) is 2.45. The number of nitrogens with zero attached hydrogens (tertiary/aromatic N) is 1. The van der Waals surface area contributed by atoms with Gasteiger partial charge in [-0.25, -0.2) is 0 Å². The van der Waals surface area contributed by atoms with Gasteiger partial charge in [-0.15, -0.1) is 0 Å². The topological polar surface area (TPSA) is 92.5 Å². The van der Waals surface area contributed by atoms with Gasteiger partial charge >= 0.3 is 0 Å². The van der Waals surface area contributed by atoms with Crippen LogP contribution in [0.3, 0.4) is 0 Å². The van der Waals surface area contributed by atoms with Gasteiger partial charge in [0.1, 0.15) is 5.56 Å². The van der Waals surface area contributed by atoms with Crippen LogP contribution in [0.15, 0.2) is 18.2 Å². The Hall–Kier alpha value is -1.66. The van der Waals surface area contributed by atoms with E-state index in [1.807, 2.05) is 13.8 Å². The second-order valence-electron chi connectivity index (χ2n) is 5.33. The van der Waals surface area contributed by atoms with Gasteiger partial charge in [0.15, 0.2) is 0 Å². The minimum atomic E-state index is -0.986. The van der Waals surface area contributed by atoms with E-state index in [-0.39, 0.29) is 22.8 Å². The predicted molar refractivity (Wildman–Crippen MR) is 85.2 cm³/mol. The molecule has 0 unspecified atom stereocenters. The summed E-state index contributed by atoms with van der Waals surface area (Å²) in [6.45, 7) is 3.96. The number of nitro groups is 1. The lowest BCUT2D eigenvalue weighted by atomic mass is 9.92. The van der Waals surface area contributed by atoms with Crippen LogP contribution in [0, 0.1) is 10.1 Å². The lowest BCUT2D eigenvalue weighted by Crippen LogP contribution is -2.43. The lowest BCUT2D eigenvalue weighted by Gasteiger charge is -2.27. The van der Waals surface area contributed by atoms with Crippen molar-refractivity contribution in [3.63, 3.8) is 0 Å². The Labute approximate surface area is 134 Å². The number of carbonyl (C=O) groups excluding carboxylic acids is 1. The molecule has 0 aromatic heterocycles. The molecular weight excluding hydrogens is 308 g/mol. The highest BCUT2D eigenvalue weighted by Crippen LogP contribution is 2.24. The quantitative estimate of drug-likeness (QED) is 0.565. The molecule has 0 spiro atoms. The number of nitro benzene ring substituents is 1. The van der Waals surface area contributed by atoms with E-state index in [0.29, 0.717) is 12.8 Å². The normalized spacial score (nSPS) is 11.3. The van der Waals surface area contributed by atoms with Crippen LogP contribution in [0.1, 0.15) is 49.9 Å². The molecule has 0 atom stereocenters. The van der Waals surface area contributed by atoms with E-state index in [2.05, 4.69) is 5.32 Å². The van der Waals surface area contributed by atoms with Crippen LogP contribution < -0.4 is 5.32 Å². The number of rotatable bonds is 8. The van der Waals surface area contributed by atoms with Gasteiger partial charge in [-0.2, -0.15) is 0 Å². The molecule has 6 nitrogen and oxygen atoms in total. The first-order valence-corrected chi connectivity index (χ1v) is 7.65. The van der Waals surface area contributed by atoms with Gasteiger partial charge in [-0.05, 0) is 25.0 Å². The van der Waals surface area contributed by atoms with Crippen LogP contribution in [-0.4, -0.2) is 28.1 Å². The highest BCUT2D eigenvalue weighted by Gasteiger charge is 2.27. The molecular formula is C15H21ClN2O4. The zero-order valence-electron chi connectivity index (χ0n) is 12.8. The second kappa shape index (κ2) is 8.10. The summed E-state index contributed by atoms with van der Waals surface area (Å²) in [5.74, 6) is -0.589. The standard InChI is InChI=1S/C15H21ClN2O4/c1-3-7-15(20,8-4-2)10-17-14(19)12-6-5-11(16)9-13(12)18(21)22/h5-6,9,20H,3-4,7-8,10H2,1-2H3,(H,17,19). The van der Waals surface area contributed by atoms with E-state index in [4.69, 9.17) is 11.6 Å². The summed E-state index contributed by atoms with van der Waals surface area (Å²) in [5.41, 5.74) is -1.40. The Bertz CT molecular complexity index is 542. The van der Waals surface area contributed by atoms with Crippen LogP contribution in [0.5, 0.6) is 0 Å². The molecule has 1 rings (SSSR count). The Kier molecular flexibility index (Phi) is 6.77. The van der Waals surface area contributed by atoms with Crippen molar-refractivity contribution in [2.24, 2.45) is 0 Å². The smallest absolute Gasteiger partial charge is 0.283 e. The Morgan fingerprint density at radius 1 is 1.36 bits per heavy atom. The molecule has 0 aliphatic carbocycles. The molecule has 7 heteroatoms. The number of benzene rings is 1. The minimum Gasteiger partial charge on any atom is -0.388 e. The number of aliphatic hydroxyl groups is 1. The number of hydrogen-bond donors (Lipinski definition) is 2. The molecule has 0 heterocycles. The van der Waals surface area contributed by atoms with Crippen molar-refractivity contribution in [1.29, 1.82) is 0 Å². The van der Waals surface area contributed by atoms with Gasteiger partial charge < -0.3 is 10.4 Å². The maximum absolute atomic E-state index is 12.2. The molecule has 1 aromatic carbocycles. The summed E-state index contributed by atoms with van der Waals surface area (Å²) in [7, 11) is 0. The van der Waals surface area contributed by atoms with E-state index >= 15 is 0 Å². The van der Waals surface area contributed by atoms with Crippen molar-refractivity contribution < 1.29 is 14.8 Å². The van der Waals surface area contributed by atoms with Crippen LogP contribution >= 0.6 is 11.6 Å². The number of halogens is 1. The summed E-state index contributed by atoms with van der Waals surface area (Å²) in [6.07, 6.45) is 2.69. The molecule has 0 radical (unpaired) electrons. The third kappa shape index (κ3) is 4.96. The third-order valence-electron chi connectivity index (χ3n) is 3.41. The van der Waals surface area contributed by atoms with Crippen molar-refractivity contribution in [2.45, 2.75) is 45.1 Å². The molecule has 0 fully saturated rings. The van der Waals surface area contributed by atoms with Crippen LogP contribution in [0.2, 0.25) is 5.02 Å². The fourth-order valence-corrected chi connectivity index (χ4v) is 2.59. The van der Waals surface area contributed by atoms with Gasteiger partial charge in [0.2, 0.25) is 0 Å². The molecule has 0 aliphatic heterocycles. The van der Waals surface area contributed by atoms with Gasteiger partial charge in [0.05, 0.1) is 10.5 Å². The summed E-state index contributed by atoms with van der Waals surface area (Å²) in [6, 6.07) is 3.88. The number of hydrogen-bond acceptors (Lipinski definition) is 4. The van der Waals surface area contributed by atoms with Crippen molar-refractivity contribution >= 4 is 23.2 Å². The van der Waals surface area contributed by atoms with E-state index in [0.717, 1.165) is 18.9 Å². The van der Waals surface area contributed by atoms with Crippen molar-refractivity contribution in [1.82, 2.24) is 5.32 Å². The largest absolute Gasteiger partial charge is 0.388 e. The van der Waals surface area contributed by atoms with Gasteiger partial charge in [-0.3, -0.25) is 14.9 Å². The fourth-order valence-electron chi connectivity index (χ4n) is 2.42. The monoisotopic (exact) mass is 328 g/mol. The highest BCUT2D eigenvalue weighted by atomic mass is 35.5. The number of amides is 1. The Morgan fingerprint density at radius 3 is 2.45 bits per heavy atom. The SMILES string of the molecule is CCCC(O)(CCC)CNC(=O)c1ccc(Cl)cc1[N+](=O)[O-]. The van der Waals surface area contributed by atoms with Crippen molar-refractivity contribution in [2.75, 3.05) is 6.54 Å². The van der Waals surface area contributed by atoms with Gasteiger partial charge in [-0.1, -0.05) is 38.3 Å². The first-order chi connectivity index (χ1) is 10.3. The summed E-state index contributed by atoms with van der Waals surface area (Å²) in [4.78, 5) is 22.5. The molecule has 0 aliphatic rings. The molecule has 22 heavy (non-hydrogen) atoms. The summed E-state index contributed by atoms with van der Waals surface area (Å²) in [5, 5.41) is 24.2. The fraction of sp³-hybridized carbons (Fsp3) is 0.533. The third-order valence-corrected chi connectivity index (χ3v) is 3.64. The molecule has 0 bridgehead atoms. The maximum atomic E-state index is 12.2. The zero-order valence-corrected chi connectivity index (χ0v) is 13.5. The van der Waals surface area contributed by atoms with E-state index in [1.165, 1.54) is 12.1 Å². The maximum Gasteiger partial charge on any atom is 0.283 e. The van der Waals surface area contributed by atoms with Crippen LogP contribution in [-0.2, 0) is 0 Å². The average molecular weight is 329 g/mol. The van der Waals surface area contributed by atoms with Gasteiger partial charge in [0.25, 0.3) is 11.6 Å². The molecule has 0 saturated heterocycles. The Balaban J connectivity index is 2.87. The molecule has 2 N–H and O–H groups in total. The highest BCUT2D eigenvalue weighted by molar-refractivity contribution is 6.31. The molecule has 1 aromatic rings. The lowest BCUT2D eigenvalue weighted by molar-refractivity contribution is -0.385. The van der Waals surface area contributed by atoms with Crippen molar-refractivity contribution in [3.8, 4) is 0 Å². The molecule has 0 saturated carbocycles. The number of carbonyl (C=O) groups is 1. The van der Waals surface area contributed by atoms with Crippen molar-refractivity contribution in [3.05, 3.63) is 38.9 Å². The number of nitrogens with one attached hydrogen (secondary N) is 1. The summed E-state index contributed by atoms with van der Waals surface area (Å²) < 4.78 is 0. The summed E-state index contributed by atoms with van der Waals surface area (Å²) >= 11 is 5.72. The van der Waals surface area contributed by atoms with E-state index < -0.39 is 16.4 Å². The molecule has 1 amide bonds. The van der Waals surface area contributed by atoms with E-state index in [9.17, 15) is 20.0 Å². The zero-order chi connectivity index (χ0) is 16.8. The van der Waals surface area contributed by atoms with E-state index in [1.54, 1.807) is 0 Å². The molecule has 122 valence electrons. The minimum absolute atomic E-state index is 0.0628. The predicted octanol–water partition coefficient (Wildman–Crippen LogP) is 3.31.